The molecule has 0 saturated carbocycles. The van der Waals surface area contributed by atoms with Gasteiger partial charge in [-0.05, 0) is 32.4 Å². The highest BCUT2D eigenvalue weighted by molar-refractivity contribution is 5.98. The van der Waals surface area contributed by atoms with E-state index in [2.05, 4.69) is 10.3 Å². The Balaban J connectivity index is 1.94. The van der Waals surface area contributed by atoms with Gasteiger partial charge in [-0.3, -0.25) is 19.4 Å². The summed E-state index contributed by atoms with van der Waals surface area (Å²) >= 11 is 0. The van der Waals surface area contributed by atoms with Crippen LogP contribution in [0.4, 0.5) is 13.2 Å². The summed E-state index contributed by atoms with van der Waals surface area (Å²) < 4.78 is 50.1. The van der Waals surface area contributed by atoms with Gasteiger partial charge in [-0.25, -0.2) is 0 Å². The Morgan fingerprint density at radius 2 is 1.97 bits per heavy atom. The van der Waals surface area contributed by atoms with Gasteiger partial charge in [0.15, 0.2) is 0 Å². The van der Waals surface area contributed by atoms with Gasteiger partial charge in [0.25, 0.3) is 11.5 Å². The van der Waals surface area contributed by atoms with Gasteiger partial charge >= 0.3 is 12.1 Å². The molecule has 0 bridgehead atoms. The molecule has 3 heterocycles. The second-order valence-corrected chi connectivity index (χ2v) is 8.66. The molecule has 34 heavy (non-hydrogen) atoms. The molecule has 0 radical (unpaired) electrons. The molecule has 0 atom stereocenters. The number of alkyl halides is 3. The van der Waals surface area contributed by atoms with Crippen LogP contribution in [0.3, 0.4) is 0 Å². The Morgan fingerprint density at radius 3 is 2.56 bits per heavy atom. The van der Waals surface area contributed by atoms with Crippen LogP contribution in [0.5, 0.6) is 5.75 Å². The summed E-state index contributed by atoms with van der Waals surface area (Å²) in [5, 5.41) is 12.9. The number of pyridine rings is 2. The number of rotatable bonds is 5. The Hall–Kier alpha value is -3.41. The minimum Gasteiger partial charge on any atom is -0.506 e. The zero-order valence-electron chi connectivity index (χ0n) is 18.8. The van der Waals surface area contributed by atoms with Crippen LogP contribution in [0.2, 0.25) is 0 Å². The highest BCUT2D eigenvalue weighted by Crippen LogP contribution is 2.29. The van der Waals surface area contributed by atoms with E-state index in [1.165, 1.54) is 10.6 Å². The fourth-order valence-electron chi connectivity index (χ4n) is 3.45. The first-order valence-corrected chi connectivity index (χ1v) is 10.4. The smallest absolute Gasteiger partial charge is 0.433 e. The molecule has 12 heteroatoms. The molecular formula is C22H24F3N3O6. The molecule has 184 valence electrons. The maximum atomic E-state index is 13.2. The first-order valence-electron chi connectivity index (χ1n) is 10.4. The average Bonchev–Trinajstić information content (AvgIpc) is 2.74. The zero-order chi connectivity index (χ0) is 25.3. The SMILES string of the molecule is CC(C)(C)OC(=O)CNC(=O)c1c(O)c2c(n(Cc3ccc(C(F)(F)F)nc3)c1=O)CCOC2. The molecule has 3 rings (SSSR count). The van der Waals surface area contributed by atoms with Gasteiger partial charge in [0.2, 0.25) is 0 Å². The Labute approximate surface area is 192 Å². The lowest BCUT2D eigenvalue weighted by Crippen LogP contribution is -2.39. The molecule has 0 aromatic carbocycles. The van der Waals surface area contributed by atoms with Gasteiger partial charge in [0, 0.05) is 23.9 Å². The molecular weight excluding hydrogens is 459 g/mol. The number of amides is 1. The Kier molecular flexibility index (Phi) is 7.01. The number of esters is 1. The minimum atomic E-state index is -4.61. The van der Waals surface area contributed by atoms with Gasteiger partial charge in [0.1, 0.15) is 29.2 Å². The molecule has 2 N–H and O–H groups in total. The van der Waals surface area contributed by atoms with Crippen molar-refractivity contribution in [3.8, 4) is 5.75 Å². The van der Waals surface area contributed by atoms with Crippen LogP contribution in [0.25, 0.3) is 0 Å². The van der Waals surface area contributed by atoms with Crippen LogP contribution in [0.15, 0.2) is 23.1 Å². The van der Waals surface area contributed by atoms with Crippen molar-refractivity contribution in [3.05, 3.63) is 56.8 Å². The number of ether oxygens (including phenoxy) is 2. The number of nitrogens with one attached hydrogen (secondary N) is 1. The summed E-state index contributed by atoms with van der Waals surface area (Å²) in [5.74, 6) is -2.30. The quantitative estimate of drug-likeness (QED) is 0.626. The van der Waals surface area contributed by atoms with E-state index in [4.69, 9.17) is 9.47 Å². The summed E-state index contributed by atoms with van der Waals surface area (Å²) in [6, 6.07) is 1.98. The van der Waals surface area contributed by atoms with E-state index >= 15 is 0 Å². The summed E-state index contributed by atoms with van der Waals surface area (Å²) in [6.07, 6.45) is -3.37. The van der Waals surface area contributed by atoms with Crippen molar-refractivity contribution in [2.75, 3.05) is 13.2 Å². The van der Waals surface area contributed by atoms with Crippen molar-refractivity contribution in [1.82, 2.24) is 14.9 Å². The number of carbonyl (C=O) groups is 2. The molecule has 0 spiro atoms. The molecule has 1 aliphatic rings. The van der Waals surface area contributed by atoms with Crippen molar-refractivity contribution in [2.45, 2.75) is 52.1 Å². The van der Waals surface area contributed by atoms with E-state index in [0.29, 0.717) is 5.69 Å². The predicted octanol–water partition coefficient (Wildman–Crippen LogP) is 2.16. The summed E-state index contributed by atoms with van der Waals surface area (Å²) in [7, 11) is 0. The molecule has 1 aliphatic heterocycles. The number of halogens is 3. The summed E-state index contributed by atoms with van der Waals surface area (Å²) in [4.78, 5) is 41.2. The lowest BCUT2D eigenvalue weighted by atomic mass is 10.0. The number of hydrogen-bond acceptors (Lipinski definition) is 7. The normalized spacial score (nSPS) is 13.8. The van der Waals surface area contributed by atoms with E-state index in [1.807, 2.05) is 0 Å². The van der Waals surface area contributed by atoms with Crippen molar-refractivity contribution in [2.24, 2.45) is 0 Å². The van der Waals surface area contributed by atoms with Gasteiger partial charge < -0.3 is 24.5 Å². The highest BCUT2D eigenvalue weighted by atomic mass is 19.4. The standard InChI is InChI=1S/C22H24F3N3O6/c1-21(2,3)34-16(29)9-27-19(31)17-18(30)13-11-33-7-6-14(13)28(20(17)32)10-12-4-5-15(26-8-12)22(23,24)25/h4-5,8,30H,6-7,9-11H2,1-3H3,(H,27,31). The first-order chi connectivity index (χ1) is 15.8. The lowest BCUT2D eigenvalue weighted by molar-refractivity contribution is -0.153. The Morgan fingerprint density at radius 1 is 1.26 bits per heavy atom. The number of fused-ring (bicyclic) bond motifs is 1. The third-order valence-corrected chi connectivity index (χ3v) is 4.88. The van der Waals surface area contributed by atoms with Gasteiger partial charge in [-0.1, -0.05) is 6.07 Å². The van der Waals surface area contributed by atoms with Crippen molar-refractivity contribution < 1.29 is 37.3 Å². The first kappa shape index (κ1) is 25.2. The van der Waals surface area contributed by atoms with Crippen LogP contribution < -0.4 is 10.9 Å². The van der Waals surface area contributed by atoms with Gasteiger partial charge in [-0.15, -0.1) is 0 Å². The fraction of sp³-hybridized carbons (Fsp3) is 0.455. The fourth-order valence-corrected chi connectivity index (χ4v) is 3.45. The molecule has 0 fully saturated rings. The number of nitrogens with zero attached hydrogens (tertiary/aromatic N) is 2. The maximum Gasteiger partial charge on any atom is 0.433 e. The third kappa shape index (κ3) is 5.74. The van der Waals surface area contributed by atoms with E-state index < -0.39 is 52.8 Å². The van der Waals surface area contributed by atoms with E-state index in [1.54, 1.807) is 20.8 Å². The predicted molar refractivity (Wildman–Crippen MR) is 112 cm³/mol. The topological polar surface area (TPSA) is 120 Å². The number of aromatic hydroxyl groups is 1. The van der Waals surface area contributed by atoms with Crippen LogP contribution >= 0.6 is 0 Å². The maximum absolute atomic E-state index is 13.2. The summed E-state index contributed by atoms with van der Waals surface area (Å²) in [6.45, 7) is 4.41. The highest BCUT2D eigenvalue weighted by Gasteiger charge is 2.32. The molecule has 0 aliphatic carbocycles. The van der Waals surface area contributed by atoms with Gasteiger partial charge in [0.05, 0.1) is 19.8 Å². The number of hydrogen-bond donors (Lipinski definition) is 2. The molecule has 9 nitrogen and oxygen atoms in total. The third-order valence-electron chi connectivity index (χ3n) is 4.88. The molecule has 2 aromatic heterocycles. The number of aromatic nitrogens is 2. The van der Waals surface area contributed by atoms with Crippen molar-refractivity contribution in [3.63, 3.8) is 0 Å². The zero-order valence-corrected chi connectivity index (χ0v) is 18.8. The van der Waals surface area contributed by atoms with Crippen molar-refractivity contribution >= 4 is 11.9 Å². The molecule has 0 unspecified atom stereocenters. The second-order valence-electron chi connectivity index (χ2n) is 8.66. The van der Waals surface area contributed by atoms with E-state index in [0.717, 1.165) is 12.3 Å². The average molecular weight is 483 g/mol. The second kappa shape index (κ2) is 9.45. The number of carbonyl (C=O) groups excluding carboxylic acids is 2. The molecule has 0 saturated heterocycles. The van der Waals surface area contributed by atoms with Crippen molar-refractivity contribution in [1.29, 1.82) is 0 Å². The monoisotopic (exact) mass is 483 g/mol. The largest absolute Gasteiger partial charge is 0.506 e. The molecule has 1 amide bonds. The lowest BCUT2D eigenvalue weighted by Gasteiger charge is -2.24. The van der Waals surface area contributed by atoms with Crippen LogP contribution in [-0.4, -0.2) is 45.3 Å². The van der Waals surface area contributed by atoms with Crippen LogP contribution in [0.1, 0.15) is 53.6 Å². The van der Waals surface area contributed by atoms with E-state index in [-0.39, 0.29) is 37.3 Å². The molecule has 2 aromatic rings. The van der Waals surface area contributed by atoms with Crippen LogP contribution in [0, 0.1) is 0 Å². The summed E-state index contributed by atoms with van der Waals surface area (Å²) in [5.41, 5.74) is -2.42. The van der Waals surface area contributed by atoms with Crippen LogP contribution in [-0.2, 0) is 40.0 Å². The van der Waals surface area contributed by atoms with E-state index in [9.17, 15) is 32.7 Å². The Bertz CT molecular complexity index is 1150. The van der Waals surface area contributed by atoms with Gasteiger partial charge in [-0.2, -0.15) is 13.2 Å². The minimum absolute atomic E-state index is 0.0704.